The molecule has 180 valence electrons. The van der Waals surface area contributed by atoms with Gasteiger partial charge in [0.05, 0.1) is 6.20 Å². The van der Waals surface area contributed by atoms with E-state index in [2.05, 4.69) is 10.4 Å². The number of carbonyl (C=O) groups excluding carboxylic acids is 3. The Morgan fingerprint density at radius 3 is 2.50 bits per heavy atom. The van der Waals surface area contributed by atoms with Gasteiger partial charge in [-0.25, -0.2) is 12.8 Å². The van der Waals surface area contributed by atoms with Crippen LogP contribution in [0.3, 0.4) is 0 Å². The molecule has 1 aromatic heterocycles. The normalized spacial score (nSPS) is 22.2. The van der Waals surface area contributed by atoms with E-state index in [9.17, 15) is 22.8 Å². The summed E-state index contributed by atoms with van der Waals surface area (Å²) in [5.74, 6) is -2.00. The summed E-state index contributed by atoms with van der Waals surface area (Å²) in [7, 11) is -2.01. The lowest BCUT2D eigenvalue weighted by atomic mass is 9.88. The van der Waals surface area contributed by atoms with Crippen LogP contribution >= 0.6 is 0 Å². The highest BCUT2D eigenvalue weighted by Crippen LogP contribution is 2.36. The maximum atomic E-state index is 15.1. The van der Waals surface area contributed by atoms with Crippen LogP contribution in [0.5, 0.6) is 0 Å². The Labute approximate surface area is 195 Å². The number of halogens is 1. The molecule has 0 radical (unpaired) electrons. The first-order chi connectivity index (χ1) is 16.1. The lowest BCUT2D eigenvalue weighted by molar-refractivity contribution is -0.136. The van der Waals surface area contributed by atoms with Crippen molar-refractivity contribution in [1.29, 1.82) is 0 Å². The van der Waals surface area contributed by atoms with Crippen molar-refractivity contribution >= 4 is 27.7 Å². The summed E-state index contributed by atoms with van der Waals surface area (Å²) in [6, 6.07) is 2.13. The SMILES string of the molecule is Cn1cc(S(=O)(=O)N2CCC(c3cc4c(cc3F)C(=O)N(C3CCC(=O)NC3=O)C4)CC2)cn1. The maximum Gasteiger partial charge on any atom is 0.255 e. The van der Waals surface area contributed by atoms with Crippen molar-refractivity contribution in [2.24, 2.45) is 7.05 Å². The van der Waals surface area contributed by atoms with E-state index in [1.165, 1.54) is 32.3 Å². The van der Waals surface area contributed by atoms with E-state index < -0.39 is 33.7 Å². The number of aromatic nitrogens is 2. The third kappa shape index (κ3) is 3.80. The molecular weight excluding hydrogens is 465 g/mol. The van der Waals surface area contributed by atoms with Gasteiger partial charge in [-0.3, -0.25) is 24.4 Å². The van der Waals surface area contributed by atoms with Crippen molar-refractivity contribution in [2.75, 3.05) is 13.1 Å². The number of benzene rings is 1. The van der Waals surface area contributed by atoms with Crippen molar-refractivity contribution < 1.29 is 27.2 Å². The molecule has 12 heteroatoms. The number of hydrogen-bond acceptors (Lipinski definition) is 6. The zero-order chi connectivity index (χ0) is 24.2. The molecule has 3 amide bonds. The topological polar surface area (TPSA) is 122 Å². The molecule has 2 aromatic rings. The van der Waals surface area contributed by atoms with Crippen LogP contribution < -0.4 is 5.32 Å². The maximum absolute atomic E-state index is 15.1. The average Bonchev–Trinajstić information content (AvgIpc) is 3.37. The molecule has 3 aliphatic heterocycles. The number of fused-ring (bicyclic) bond motifs is 1. The van der Waals surface area contributed by atoms with Crippen LogP contribution in [0.2, 0.25) is 0 Å². The zero-order valence-electron chi connectivity index (χ0n) is 18.5. The highest BCUT2D eigenvalue weighted by molar-refractivity contribution is 7.89. The number of carbonyl (C=O) groups is 3. The minimum Gasteiger partial charge on any atom is -0.322 e. The van der Waals surface area contributed by atoms with Crippen molar-refractivity contribution in [3.63, 3.8) is 0 Å². The quantitative estimate of drug-likeness (QED) is 0.637. The fourth-order valence-corrected chi connectivity index (χ4v) is 6.47. The molecule has 5 rings (SSSR count). The van der Waals surface area contributed by atoms with Gasteiger partial charge >= 0.3 is 0 Å². The molecule has 0 saturated carbocycles. The minimum atomic E-state index is -3.66. The standard InChI is InChI=1S/C22H24FN5O5S/c1-26-12-15(10-24-26)34(32,33)27-6-4-13(5-7-27)16-8-14-11-28(22(31)17(14)9-18(16)23)19-2-3-20(29)25-21(19)30/h8-10,12-13,19H,2-7,11H2,1H3,(H,25,29,30). The first-order valence-corrected chi connectivity index (χ1v) is 12.5. The van der Waals surface area contributed by atoms with Gasteiger partial charge in [0.1, 0.15) is 16.8 Å². The lowest BCUT2D eigenvalue weighted by Crippen LogP contribution is -2.52. The van der Waals surface area contributed by atoms with Crippen molar-refractivity contribution in [3.8, 4) is 0 Å². The van der Waals surface area contributed by atoms with Gasteiger partial charge in [-0.05, 0) is 42.4 Å². The smallest absolute Gasteiger partial charge is 0.255 e. The van der Waals surface area contributed by atoms with Crippen molar-refractivity contribution in [2.45, 2.75) is 49.1 Å². The molecule has 2 fully saturated rings. The summed E-state index contributed by atoms with van der Waals surface area (Å²) in [5, 5.41) is 6.18. The number of amides is 3. The Hall–Kier alpha value is -3.12. The molecule has 10 nitrogen and oxygen atoms in total. The van der Waals surface area contributed by atoms with Crippen LogP contribution in [0, 0.1) is 5.82 Å². The summed E-state index contributed by atoms with van der Waals surface area (Å²) in [5.41, 5.74) is 1.31. The fourth-order valence-electron chi connectivity index (χ4n) is 5.01. The molecule has 4 heterocycles. The van der Waals surface area contributed by atoms with E-state index in [1.54, 1.807) is 13.1 Å². The molecule has 34 heavy (non-hydrogen) atoms. The number of hydrogen-bond donors (Lipinski definition) is 1. The van der Waals surface area contributed by atoms with Gasteiger partial charge in [0.15, 0.2) is 0 Å². The van der Waals surface area contributed by atoms with Crippen molar-refractivity contribution in [1.82, 2.24) is 24.3 Å². The van der Waals surface area contributed by atoms with Gasteiger partial charge in [-0.15, -0.1) is 0 Å². The van der Waals surface area contributed by atoms with Gasteiger partial charge < -0.3 is 4.90 Å². The molecule has 1 aromatic carbocycles. The van der Waals surface area contributed by atoms with Gasteiger partial charge in [0, 0.05) is 44.9 Å². The largest absolute Gasteiger partial charge is 0.322 e. The lowest BCUT2D eigenvalue weighted by Gasteiger charge is -2.31. The second-order valence-electron chi connectivity index (χ2n) is 8.96. The number of imide groups is 1. The van der Waals surface area contributed by atoms with Gasteiger partial charge in [-0.2, -0.15) is 9.40 Å². The van der Waals surface area contributed by atoms with Crippen molar-refractivity contribution in [3.05, 3.63) is 47.0 Å². The van der Waals surface area contributed by atoms with E-state index in [4.69, 9.17) is 0 Å². The number of nitrogens with one attached hydrogen (secondary N) is 1. The monoisotopic (exact) mass is 489 g/mol. The summed E-state index contributed by atoms with van der Waals surface area (Å²) in [6.45, 7) is 0.668. The Morgan fingerprint density at radius 2 is 1.85 bits per heavy atom. The van der Waals surface area contributed by atoms with Gasteiger partial charge in [-0.1, -0.05) is 6.07 Å². The first-order valence-electron chi connectivity index (χ1n) is 11.1. The average molecular weight is 490 g/mol. The van der Waals surface area contributed by atoms with Gasteiger partial charge in [0.2, 0.25) is 21.8 Å². The molecule has 0 aliphatic carbocycles. The second kappa shape index (κ2) is 8.27. The van der Waals surface area contributed by atoms with Crippen LogP contribution in [0.15, 0.2) is 29.4 Å². The third-order valence-electron chi connectivity index (χ3n) is 6.85. The molecule has 0 bridgehead atoms. The molecule has 1 unspecified atom stereocenters. The van der Waals surface area contributed by atoms with Crippen LogP contribution in [-0.2, 0) is 33.2 Å². The van der Waals surface area contributed by atoms with E-state index >= 15 is 4.39 Å². The van der Waals surface area contributed by atoms with E-state index in [-0.39, 0.29) is 54.8 Å². The number of piperidine rings is 2. The summed E-state index contributed by atoms with van der Waals surface area (Å²) in [6.07, 6.45) is 4.04. The highest BCUT2D eigenvalue weighted by Gasteiger charge is 2.40. The fraction of sp³-hybridized carbons (Fsp3) is 0.455. The van der Waals surface area contributed by atoms with Crippen LogP contribution in [0.1, 0.15) is 53.1 Å². The molecule has 1 N–H and O–H groups in total. The molecule has 2 saturated heterocycles. The number of aryl methyl sites for hydroxylation is 1. The molecule has 3 aliphatic rings. The Balaban J connectivity index is 1.31. The van der Waals surface area contributed by atoms with Crippen LogP contribution in [0.25, 0.3) is 0 Å². The summed E-state index contributed by atoms with van der Waals surface area (Å²) >= 11 is 0. The second-order valence-corrected chi connectivity index (χ2v) is 10.9. The molecule has 0 spiro atoms. The summed E-state index contributed by atoms with van der Waals surface area (Å²) < 4.78 is 43.6. The highest BCUT2D eigenvalue weighted by atomic mass is 32.2. The number of nitrogens with zero attached hydrogens (tertiary/aromatic N) is 4. The predicted octanol–water partition coefficient (Wildman–Crippen LogP) is 0.889. The Bertz CT molecular complexity index is 1300. The summed E-state index contributed by atoms with van der Waals surface area (Å²) in [4.78, 5) is 38.0. The van der Waals surface area contributed by atoms with E-state index in [1.807, 2.05) is 0 Å². The molecular formula is C22H24FN5O5S. The Kier molecular flexibility index (Phi) is 5.52. The van der Waals surface area contributed by atoms with E-state index in [0.717, 1.165) is 0 Å². The third-order valence-corrected chi connectivity index (χ3v) is 8.71. The van der Waals surface area contributed by atoms with Gasteiger partial charge in [0.25, 0.3) is 5.91 Å². The first kappa shape index (κ1) is 22.7. The zero-order valence-corrected chi connectivity index (χ0v) is 19.3. The van der Waals surface area contributed by atoms with Crippen LogP contribution in [-0.4, -0.2) is 64.3 Å². The Morgan fingerprint density at radius 1 is 1.12 bits per heavy atom. The van der Waals surface area contributed by atoms with Crippen LogP contribution in [0.4, 0.5) is 4.39 Å². The number of rotatable bonds is 4. The minimum absolute atomic E-state index is 0.129. The van der Waals surface area contributed by atoms with E-state index in [0.29, 0.717) is 24.0 Å². The number of sulfonamides is 1. The molecule has 1 atom stereocenters. The predicted molar refractivity (Wildman–Crippen MR) is 116 cm³/mol.